The highest BCUT2D eigenvalue weighted by Gasteiger charge is 2.34. The molecule has 0 amide bonds. The number of rotatable bonds is 4. The minimum Gasteiger partial charge on any atom is -0.355 e. The highest BCUT2D eigenvalue weighted by atomic mass is 19.2. The van der Waals surface area contributed by atoms with Gasteiger partial charge in [0.25, 0.3) is 0 Å². The molecule has 17 rings (SSSR count). The van der Waals surface area contributed by atoms with Crippen molar-refractivity contribution in [3.8, 4) is 47.0 Å². The largest absolute Gasteiger partial charge is 0.355 e. The molecule has 17 aromatic rings. The average Bonchev–Trinajstić information content (AvgIpc) is 1.63. The van der Waals surface area contributed by atoms with Crippen LogP contribution in [0.3, 0.4) is 0 Å². The fourth-order valence-electron chi connectivity index (χ4n) is 13.1. The monoisotopic (exact) mass is 1160 g/mol. The molecule has 0 radical (unpaired) electrons. The molecule has 0 aliphatic heterocycles. The third-order valence-electron chi connectivity index (χ3n) is 16.7. The van der Waals surface area contributed by atoms with Crippen molar-refractivity contribution in [2.45, 2.75) is 0 Å². The second-order valence-corrected chi connectivity index (χ2v) is 21.3. The molecule has 418 valence electrons. The lowest BCUT2D eigenvalue weighted by Crippen LogP contribution is -2.16. The second-order valence-electron chi connectivity index (χ2n) is 21.3. The molecular formula is C76H41F4N9. The summed E-state index contributed by atoms with van der Waals surface area (Å²) in [6.45, 7) is 0. The van der Waals surface area contributed by atoms with E-state index in [0.29, 0.717) is 28.2 Å². The van der Waals surface area contributed by atoms with Crippen LogP contribution in [0.4, 0.5) is 17.6 Å². The first kappa shape index (κ1) is 53.1. The zero-order chi connectivity index (χ0) is 60.6. The predicted octanol–water partition coefficient (Wildman–Crippen LogP) is 19.1. The Bertz CT molecular complexity index is 5550. The molecule has 0 atom stereocenters. The van der Waals surface area contributed by atoms with E-state index >= 15 is 0 Å². The Kier molecular flexibility index (Phi) is 12.6. The minimum absolute atomic E-state index is 0.390. The van der Waals surface area contributed by atoms with Crippen LogP contribution >= 0.6 is 0 Å². The maximum absolute atomic E-state index is 12.9. The van der Waals surface area contributed by atoms with Crippen LogP contribution < -0.4 is 0 Å². The van der Waals surface area contributed by atoms with Crippen molar-refractivity contribution < 1.29 is 17.6 Å². The maximum Gasteiger partial charge on any atom is 0.197 e. The van der Waals surface area contributed by atoms with Crippen LogP contribution in [0.25, 0.3) is 132 Å². The van der Waals surface area contributed by atoms with E-state index in [1.165, 1.54) is 21.8 Å². The first-order chi connectivity index (χ1) is 43.8. The number of nitrogens with one attached hydrogen (secondary N) is 1. The summed E-state index contributed by atoms with van der Waals surface area (Å²) in [7, 11) is 0. The van der Waals surface area contributed by atoms with Crippen LogP contribution in [-0.4, -0.2) is 23.3 Å². The van der Waals surface area contributed by atoms with Crippen LogP contribution in [0.5, 0.6) is 0 Å². The summed E-state index contributed by atoms with van der Waals surface area (Å²) < 4.78 is 59.8. The van der Waals surface area contributed by atoms with Crippen molar-refractivity contribution in [3.05, 3.63) is 288 Å². The van der Waals surface area contributed by atoms with Gasteiger partial charge in [0, 0.05) is 64.9 Å². The summed E-state index contributed by atoms with van der Waals surface area (Å²) in [5.74, 6) is -7.58. The average molecular weight is 1160 g/mol. The third kappa shape index (κ3) is 7.98. The molecule has 5 aromatic heterocycles. The Morgan fingerprint density at radius 1 is 0.225 bits per heavy atom. The lowest BCUT2D eigenvalue weighted by Gasteiger charge is -2.27. The Labute approximate surface area is 503 Å². The van der Waals surface area contributed by atoms with Crippen molar-refractivity contribution in [3.63, 3.8) is 0 Å². The normalized spacial score (nSPS) is 11.3. The summed E-state index contributed by atoms with van der Waals surface area (Å²) in [5, 5.41) is 51.8. The lowest BCUT2D eigenvalue weighted by molar-refractivity contribution is 0.429. The van der Waals surface area contributed by atoms with Gasteiger partial charge in [0.05, 0.1) is 66.9 Å². The van der Waals surface area contributed by atoms with Gasteiger partial charge >= 0.3 is 0 Å². The second kappa shape index (κ2) is 21.1. The summed E-state index contributed by atoms with van der Waals surface area (Å²) in [6, 6.07) is 91.7. The summed E-state index contributed by atoms with van der Waals surface area (Å²) >= 11 is 0. The van der Waals surface area contributed by atoms with E-state index in [1.807, 2.05) is 24.3 Å². The van der Waals surface area contributed by atoms with Crippen molar-refractivity contribution in [1.82, 2.24) is 23.3 Å². The number of H-pyrrole nitrogens is 1. The molecule has 89 heavy (non-hydrogen) atoms. The van der Waals surface area contributed by atoms with Crippen molar-refractivity contribution in [1.29, 1.82) is 21.0 Å². The Morgan fingerprint density at radius 2 is 0.438 bits per heavy atom. The number of nitrogens with zero attached hydrogens (tertiary/aromatic N) is 8. The van der Waals surface area contributed by atoms with E-state index in [-0.39, 0.29) is 0 Å². The molecule has 9 nitrogen and oxygen atoms in total. The molecule has 0 aliphatic rings. The molecule has 0 saturated heterocycles. The van der Waals surface area contributed by atoms with Gasteiger partial charge < -0.3 is 23.3 Å². The highest BCUT2D eigenvalue weighted by molar-refractivity contribution is 6.16. The zero-order valence-electron chi connectivity index (χ0n) is 46.7. The molecule has 0 fully saturated rings. The van der Waals surface area contributed by atoms with Gasteiger partial charge in [0.1, 0.15) is 46.5 Å². The standard InChI is InChI=1S/C56H32N6.C12H9N.C8F4N2/c57-33-43-53(59-45-25-9-1-17-35(45)36-18-2-10-26-46(36)59)44(34-58)55(61-49-29-13-5-21-39(49)40-22-6-14-30-50(40)61)56(62-51-31-15-7-23-41(51)42-24-8-16-32-52(42)62)54(43)60-47-27-11-3-19-37(47)38-20-4-12-28-48(38)60;1-3-7-11-9(5-1)10-6-2-4-8-12(10)13-11;9-5-3(1-13)6(10)8(12)7(11)4(5)2-14/h1-32H;1-8,13H;. The summed E-state index contributed by atoms with van der Waals surface area (Å²) in [6.07, 6.45) is 0. The fraction of sp³-hybridized carbons (Fsp3) is 0. The molecule has 12 aromatic carbocycles. The molecule has 0 aliphatic carbocycles. The minimum atomic E-state index is -2.03. The molecule has 0 spiro atoms. The Morgan fingerprint density at radius 3 is 0.697 bits per heavy atom. The molecular weight excluding hydrogens is 1110 g/mol. The molecule has 0 bridgehead atoms. The van der Waals surface area contributed by atoms with Crippen LogP contribution in [-0.2, 0) is 0 Å². The van der Waals surface area contributed by atoms with Gasteiger partial charge in [-0.05, 0) is 60.7 Å². The molecule has 0 saturated carbocycles. The number of para-hydroxylation sites is 10. The van der Waals surface area contributed by atoms with Crippen molar-refractivity contribution >= 4 is 109 Å². The number of aromatic amines is 1. The van der Waals surface area contributed by atoms with E-state index < -0.39 is 34.4 Å². The van der Waals surface area contributed by atoms with Gasteiger partial charge in [-0.15, -0.1) is 0 Å². The van der Waals surface area contributed by atoms with E-state index in [4.69, 9.17) is 10.5 Å². The van der Waals surface area contributed by atoms with E-state index in [1.54, 1.807) is 0 Å². The number of halogens is 4. The van der Waals surface area contributed by atoms with Gasteiger partial charge in [-0.2, -0.15) is 21.0 Å². The molecule has 1 N–H and O–H groups in total. The number of hydrogen-bond donors (Lipinski definition) is 1. The SMILES string of the molecule is N#Cc1c(-n2c3ccccc3c3ccccc32)c(C#N)c(-n2c3ccccc3c3ccccc32)c(-n2c3ccccc3c3ccccc32)c1-n1c2ccccc2c2ccccc21.N#Cc1c(F)c(F)c(F)c(C#N)c1F.c1ccc2c(c1)[nH]c1ccccc12. The zero-order valence-corrected chi connectivity index (χ0v) is 46.7. The van der Waals surface area contributed by atoms with Crippen LogP contribution in [0, 0.1) is 68.6 Å². The lowest BCUT2D eigenvalue weighted by atomic mass is 9.98. The Balaban J connectivity index is 0.000000201. The highest BCUT2D eigenvalue weighted by Crippen LogP contribution is 2.49. The molecule has 13 heteroatoms. The van der Waals surface area contributed by atoms with Gasteiger partial charge in [-0.3, -0.25) is 0 Å². The Hall–Kier alpha value is -12.7. The first-order valence-electron chi connectivity index (χ1n) is 28.4. The van der Waals surface area contributed by atoms with E-state index in [0.717, 1.165) is 105 Å². The fourth-order valence-corrected chi connectivity index (χ4v) is 13.1. The summed E-state index contributed by atoms with van der Waals surface area (Å²) in [4.78, 5) is 3.38. The first-order valence-corrected chi connectivity index (χ1v) is 28.4. The molecule has 0 unspecified atom stereocenters. The number of benzene rings is 12. The van der Waals surface area contributed by atoms with Crippen LogP contribution in [0.1, 0.15) is 22.3 Å². The van der Waals surface area contributed by atoms with Crippen molar-refractivity contribution in [2.24, 2.45) is 0 Å². The number of hydrogen-bond acceptors (Lipinski definition) is 4. The van der Waals surface area contributed by atoms with Gasteiger partial charge in [0.2, 0.25) is 0 Å². The van der Waals surface area contributed by atoms with Gasteiger partial charge in [-0.25, -0.2) is 17.6 Å². The van der Waals surface area contributed by atoms with Gasteiger partial charge in [-0.1, -0.05) is 182 Å². The number of nitriles is 4. The van der Waals surface area contributed by atoms with Crippen LogP contribution in [0.15, 0.2) is 243 Å². The third-order valence-corrected chi connectivity index (χ3v) is 16.7. The van der Waals surface area contributed by atoms with Crippen molar-refractivity contribution in [2.75, 3.05) is 0 Å². The summed E-state index contributed by atoms with van der Waals surface area (Å²) in [5.41, 5.74) is 10.8. The van der Waals surface area contributed by atoms with E-state index in [9.17, 15) is 28.1 Å². The number of aromatic nitrogens is 5. The van der Waals surface area contributed by atoms with Gasteiger partial charge in [0.15, 0.2) is 23.3 Å². The predicted molar refractivity (Wildman–Crippen MR) is 345 cm³/mol. The van der Waals surface area contributed by atoms with Crippen LogP contribution in [0.2, 0.25) is 0 Å². The van der Waals surface area contributed by atoms with E-state index in [2.05, 4.69) is 254 Å². The quantitative estimate of drug-likeness (QED) is 0.107. The topological polar surface area (TPSA) is 131 Å². The maximum atomic E-state index is 12.9. The molecule has 5 heterocycles. The number of fused-ring (bicyclic) bond motifs is 15. The smallest absolute Gasteiger partial charge is 0.197 e.